The van der Waals surface area contributed by atoms with Gasteiger partial charge in [-0.05, 0) is 19.4 Å². The smallest absolute Gasteiger partial charge is 0.263 e. The van der Waals surface area contributed by atoms with Crippen LogP contribution in [0.5, 0.6) is 0 Å². The second-order valence-corrected chi connectivity index (χ2v) is 5.45. The maximum Gasteiger partial charge on any atom is 0.263 e. The molecule has 0 aliphatic rings. The average molecular weight is 291 g/mol. The summed E-state index contributed by atoms with van der Waals surface area (Å²) in [6, 6.07) is 5.79. The average Bonchev–Trinajstić information content (AvgIpc) is 2.76. The molecule has 0 bridgehead atoms. The Hall–Kier alpha value is -2.08. The van der Waals surface area contributed by atoms with Gasteiger partial charge in [-0.1, -0.05) is 18.2 Å². The van der Waals surface area contributed by atoms with Gasteiger partial charge in [0.2, 0.25) is 5.91 Å². The van der Waals surface area contributed by atoms with Crippen LogP contribution in [0, 0.1) is 6.92 Å². The zero-order valence-electron chi connectivity index (χ0n) is 11.4. The summed E-state index contributed by atoms with van der Waals surface area (Å²) in [6.45, 7) is 4.30. The molecule has 2 rings (SSSR count). The van der Waals surface area contributed by atoms with Gasteiger partial charge in [0.15, 0.2) is 0 Å². The molecule has 0 fully saturated rings. The van der Waals surface area contributed by atoms with Gasteiger partial charge in [0.1, 0.15) is 4.88 Å². The van der Waals surface area contributed by atoms with Gasteiger partial charge in [0.05, 0.1) is 12.2 Å². The molecular weight excluding hydrogens is 274 g/mol. The molecule has 2 aromatic rings. The molecule has 0 unspecified atom stereocenters. The summed E-state index contributed by atoms with van der Waals surface area (Å²) in [4.78, 5) is 23.9. The molecule has 20 heavy (non-hydrogen) atoms. The van der Waals surface area contributed by atoms with Crippen molar-refractivity contribution in [2.75, 3.05) is 18.8 Å². The van der Waals surface area contributed by atoms with E-state index < -0.39 is 0 Å². The van der Waals surface area contributed by atoms with Crippen LogP contribution in [0.4, 0.5) is 5.69 Å². The van der Waals surface area contributed by atoms with Crippen molar-refractivity contribution in [2.24, 2.45) is 0 Å². The van der Waals surface area contributed by atoms with Crippen LogP contribution in [0.1, 0.15) is 22.2 Å². The van der Waals surface area contributed by atoms with Gasteiger partial charge in [-0.25, -0.2) is 0 Å². The first kappa shape index (κ1) is 14.3. The Balaban J connectivity index is 2.20. The summed E-state index contributed by atoms with van der Waals surface area (Å²) in [7, 11) is 0. The summed E-state index contributed by atoms with van der Waals surface area (Å²) in [5, 5.41) is 6.09. The minimum absolute atomic E-state index is 0.0423. The summed E-state index contributed by atoms with van der Waals surface area (Å²) >= 11 is 1.35. The lowest BCUT2D eigenvalue weighted by Crippen LogP contribution is -2.36. The highest BCUT2D eigenvalue weighted by Gasteiger charge is 2.17. The van der Waals surface area contributed by atoms with E-state index in [1.807, 2.05) is 32.0 Å². The van der Waals surface area contributed by atoms with E-state index in [-0.39, 0.29) is 18.4 Å². The summed E-state index contributed by atoms with van der Waals surface area (Å²) in [5.74, 6) is -0.522. The molecule has 0 saturated carbocycles. The van der Waals surface area contributed by atoms with E-state index in [4.69, 9.17) is 5.73 Å². The number of anilines is 1. The van der Waals surface area contributed by atoms with Crippen LogP contribution in [0.2, 0.25) is 0 Å². The molecule has 106 valence electrons. The van der Waals surface area contributed by atoms with Crippen LogP contribution in [0.3, 0.4) is 0 Å². The topological polar surface area (TPSA) is 84.2 Å². The molecule has 1 aromatic heterocycles. The van der Waals surface area contributed by atoms with Crippen LogP contribution in [-0.4, -0.2) is 24.9 Å². The zero-order valence-corrected chi connectivity index (χ0v) is 12.3. The number of hydrogen-bond acceptors (Lipinski definition) is 4. The normalized spacial score (nSPS) is 10.5. The number of rotatable bonds is 4. The van der Waals surface area contributed by atoms with E-state index in [9.17, 15) is 9.59 Å². The number of hydrogen-bond donors (Lipinski definition) is 3. The van der Waals surface area contributed by atoms with Crippen LogP contribution in [-0.2, 0) is 4.79 Å². The fraction of sp³-hybridized carbons (Fsp3) is 0.286. The van der Waals surface area contributed by atoms with Gasteiger partial charge in [0.25, 0.3) is 5.91 Å². The second-order valence-electron chi connectivity index (χ2n) is 4.43. The van der Waals surface area contributed by atoms with E-state index in [1.54, 1.807) is 0 Å². The highest BCUT2D eigenvalue weighted by molar-refractivity contribution is 7.21. The van der Waals surface area contributed by atoms with Gasteiger partial charge >= 0.3 is 0 Å². The Kier molecular flexibility index (Phi) is 4.24. The number of carbonyl (C=O) groups excluding carboxylic acids is 2. The molecule has 0 aliphatic carbocycles. The molecule has 6 heteroatoms. The minimum Gasteiger partial charge on any atom is -0.397 e. The number of likely N-dealkylation sites (N-methyl/N-ethyl adjacent to an activating group) is 1. The highest BCUT2D eigenvalue weighted by Crippen LogP contribution is 2.35. The summed E-state index contributed by atoms with van der Waals surface area (Å²) in [6.07, 6.45) is 0. The summed E-state index contributed by atoms with van der Waals surface area (Å²) in [5.41, 5.74) is 7.58. The third kappa shape index (κ3) is 2.75. The molecule has 0 spiro atoms. The second kappa shape index (κ2) is 5.92. The first-order valence-corrected chi connectivity index (χ1v) is 7.18. The monoisotopic (exact) mass is 291 g/mol. The number of benzene rings is 1. The number of aryl methyl sites for hydroxylation is 1. The Morgan fingerprint density at radius 2 is 2.05 bits per heavy atom. The van der Waals surface area contributed by atoms with Gasteiger partial charge in [0, 0.05) is 16.6 Å². The zero-order chi connectivity index (χ0) is 14.7. The van der Waals surface area contributed by atoms with E-state index in [0.29, 0.717) is 17.1 Å². The molecule has 0 saturated heterocycles. The van der Waals surface area contributed by atoms with Crippen LogP contribution in [0.25, 0.3) is 10.1 Å². The maximum atomic E-state index is 12.1. The van der Waals surface area contributed by atoms with Gasteiger partial charge < -0.3 is 16.4 Å². The largest absolute Gasteiger partial charge is 0.397 e. The molecule has 2 amide bonds. The number of carbonyl (C=O) groups is 2. The SMILES string of the molecule is CCNC(=O)CNC(=O)c1sc2c(C)cccc2c1N. The third-order valence-corrected chi connectivity index (χ3v) is 4.30. The molecule has 1 heterocycles. The van der Waals surface area contributed by atoms with Crippen LogP contribution in [0.15, 0.2) is 18.2 Å². The van der Waals surface area contributed by atoms with Crippen molar-refractivity contribution in [1.82, 2.24) is 10.6 Å². The Morgan fingerprint density at radius 3 is 2.70 bits per heavy atom. The van der Waals surface area contributed by atoms with E-state index in [0.717, 1.165) is 15.6 Å². The molecule has 4 N–H and O–H groups in total. The van der Waals surface area contributed by atoms with Crippen molar-refractivity contribution < 1.29 is 9.59 Å². The van der Waals surface area contributed by atoms with E-state index in [2.05, 4.69) is 10.6 Å². The Bertz CT molecular complexity index is 664. The number of nitrogens with one attached hydrogen (secondary N) is 2. The summed E-state index contributed by atoms with van der Waals surface area (Å²) < 4.78 is 1.01. The predicted molar refractivity (Wildman–Crippen MR) is 82.0 cm³/mol. The van der Waals surface area contributed by atoms with Crippen LogP contribution >= 0.6 is 11.3 Å². The van der Waals surface area contributed by atoms with Crippen molar-refractivity contribution >= 4 is 38.9 Å². The fourth-order valence-electron chi connectivity index (χ4n) is 1.95. The van der Waals surface area contributed by atoms with Crippen molar-refractivity contribution in [3.05, 3.63) is 28.6 Å². The van der Waals surface area contributed by atoms with Crippen molar-refractivity contribution in [2.45, 2.75) is 13.8 Å². The number of nitrogen functional groups attached to an aromatic ring is 1. The van der Waals surface area contributed by atoms with Gasteiger partial charge in [-0.15, -0.1) is 11.3 Å². The standard InChI is InChI=1S/C14H17N3O2S/c1-3-16-10(18)7-17-14(19)13-11(15)9-6-4-5-8(2)12(9)20-13/h4-6H,3,7,15H2,1-2H3,(H,16,18)(H,17,19). The van der Waals surface area contributed by atoms with Crippen molar-refractivity contribution in [1.29, 1.82) is 0 Å². The van der Waals surface area contributed by atoms with Crippen LogP contribution < -0.4 is 16.4 Å². The Morgan fingerprint density at radius 1 is 1.30 bits per heavy atom. The number of thiophene rings is 1. The van der Waals surface area contributed by atoms with Crippen molar-refractivity contribution in [3.8, 4) is 0 Å². The maximum absolute atomic E-state index is 12.1. The molecule has 0 radical (unpaired) electrons. The van der Waals surface area contributed by atoms with Gasteiger partial charge in [-0.3, -0.25) is 9.59 Å². The van der Waals surface area contributed by atoms with E-state index in [1.165, 1.54) is 11.3 Å². The molecule has 0 atom stereocenters. The number of fused-ring (bicyclic) bond motifs is 1. The fourth-order valence-corrected chi connectivity index (χ4v) is 3.05. The molecule has 5 nitrogen and oxygen atoms in total. The van der Waals surface area contributed by atoms with Gasteiger partial charge in [-0.2, -0.15) is 0 Å². The minimum atomic E-state index is -0.311. The highest BCUT2D eigenvalue weighted by atomic mass is 32.1. The quantitative estimate of drug-likeness (QED) is 0.801. The lowest BCUT2D eigenvalue weighted by atomic mass is 10.1. The predicted octanol–water partition coefficient (Wildman–Crippen LogP) is 1.66. The number of amides is 2. The number of nitrogens with two attached hydrogens (primary N) is 1. The molecule has 0 aliphatic heterocycles. The van der Waals surface area contributed by atoms with E-state index >= 15 is 0 Å². The first-order chi connectivity index (χ1) is 9.54. The lowest BCUT2D eigenvalue weighted by molar-refractivity contribution is -0.120. The van der Waals surface area contributed by atoms with Crippen molar-refractivity contribution in [3.63, 3.8) is 0 Å². The molecular formula is C14H17N3O2S. The third-order valence-electron chi connectivity index (χ3n) is 2.94. The molecule has 1 aromatic carbocycles. The lowest BCUT2D eigenvalue weighted by Gasteiger charge is -2.04. The first-order valence-electron chi connectivity index (χ1n) is 6.37. The Labute approximate surface area is 121 Å².